The summed E-state index contributed by atoms with van der Waals surface area (Å²) in [6.45, 7) is 0.106. The third-order valence-corrected chi connectivity index (χ3v) is 2.84. The molecule has 0 saturated heterocycles. The summed E-state index contributed by atoms with van der Waals surface area (Å²) in [6.07, 6.45) is -2.90. The minimum atomic E-state index is -4.38. The predicted octanol–water partition coefficient (Wildman–Crippen LogP) is 3.96. The predicted molar refractivity (Wildman–Crippen MR) is 70.8 cm³/mol. The molecule has 0 unspecified atom stereocenters. The molecule has 3 rings (SSSR count). The molecule has 3 aromatic rings. The van der Waals surface area contributed by atoms with Gasteiger partial charge in [0.15, 0.2) is 5.76 Å². The van der Waals surface area contributed by atoms with E-state index in [0.717, 1.165) is 12.1 Å². The first kappa shape index (κ1) is 14.2. The molecule has 0 aliphatic rings. The van der Waals surface area contributed by atoms with E-state index in [1.165, 1.54) is 18.4 Å². The van der Waals surface area contributed by atoms with Crippen molar-refractivity contribution >= 4 is 5.69 Å². The zero-order chi connectivity index (χ0) is 15.6. The Hall–Kier alpha value is -2.77. The van der Waals surface area contributed by atoms with E-state index in [1.807, 2.05) is 0 Å². The van der Waals surface area contributed by atoms with E-state index in [2.05, 4.69) is 15.5 Å². The number of anilines is 1. The molecule has 0 bridgehead atoms. The molecule has 0 aliphatic carbocycles. The summed E-state index contributed by atoms with van der Waals surface area (Å²) in [7, 11) is 0. The number of aromatic nitrogens is 2. The van der Waals surface area contributed by atoms with Gasteiger partial charge in [-0.25, -0.2) is 0 Å². The maximum absolute atomic E-state index is 12.6. The van der Waals surface area contributed by atoms with Gasteiger partial charge in [-0.1, -0.05) is 11.2 Å². The van der Waals surface area contributed by atoms with Crippen molar-refractivity contribution in [3.05, 3.63) is 54.1 Å². The van der Waals surface area contributed by atoms with Gasteiger partial charge in [0.05, 0.1) is 18.4 Å². The van der Waals surface area contributed by atoms with Gasteiger partial charge in [-0.2, -0.15) is 18.2 Å². The number of benzene rings is 1. The summed E-state index contributed by atoms with van der Waals surface area (Å²) in [5.74, 6) is 0.976. The molecule has 0 amide bonds. The monoisotopic (exact) mass is 309 g/mol. The molecule has 8 heteroatoms. The molecule has 2 heterocycles. The SMILES string of the molecule is FC(F)(F)c1cccc(NCc2nc(-c3ccco3)no2)c1. The highest BCUT2D eigenvalue weighted by atomic mass is 19.4. The van der Waals surface area contributed by atoms with Crippen LogP contribution in [-0.2, 0) is 12.7 Å². The maximum atomic E-state index is 12.6. The lowest BCUT2D eigenvalue weighted by Crippen LogP contribution is -2.06. The van der Waals surface area contributed by atoms with Gasteiger partial charge in [-0.15, -0.1) is 0 Å². The Morgan fingerprint density at radius 1 is 1.14 bits per heavy atom. The lowest BCUT2D eigenvalue weighted by Gasteiger charge is -2.09. The molecule has 22 heavy (non-hydrogen) atoms. The number of hydrogen-bond donors (Lipinski definition) is 1. The van der Waals surface area contributed by atoms with Gasteiger partial charge in [0.1, 0.15) is 0 Å². The van der Waals surface area contributed by atoms with E-state index in [0.29, 0.717) is 11.4 Å². The lowest BCUT2D eigenvalue weighted by atomic mass is 10.2. The van der Waals surface area contributed by atoms with Gasteiger partial charge < -0.3 is 14.3 Å². The quantitative estimate of drug-likeness (QED) is 0.790. The second kappa shape index (κ2) is 5.55. The van der Waals surface area contributed by atoms with Crippen LogP contribution >= 0.6 is 0 Å². The summed E-state index contributed by atoms with van der Waals surface area (Å²) in [5.41, 5.74) is -0.410. The second-order valence-electron chi connectivity index (χ2n) is 4.42. The Kier molecular flexibility index (Phi) is 3.58. The first-order chi connectivity index (χ1) is 10.5. The zero-order valence-electron chi connectivity index (χ0n) is 11.1. The maximum Gasteiger partial charge on any atom is 0.416 e. The second-order valence-corrected chi connectivity index (χ2v) is 4.42. The summed E-state index contributed by atoms with van der Waals surface area (Å²) >= 11 is 0. The van der Waals surface area contributed by atoms with Crippen molar-refractivity contribution in [2.75, 3.05) is 5.32 Å². The Bertz CT molecular complexity index is 751. The molecule has 0 radical (unpaired) electrons. The average molecular weight is 309 g/mol. The molecule has 1 aromatic carbocycles. The number of nitrogens with zero attached hydrogens (tertiary/aromatic N) is 2. The molecule has 2 aromatic heterocycles. The van der Waals surface area contributed by atoms with Gasteiger partial charge in [0.25, 0.3) is 0 Å². The van der Waals surface area contributed by atoms with E-state index in [-0.39, 0.29) is 18.3 Å². The fourth-order valence-corrected chi connectivity index (χ4v) is 1.82. The van der Waals surface area contributed by atoms with E-state index in [4.69, 9.17) is 8.94 Å². The fraction of sp³-hybridized carbons (Fsp3) is 0.143. The zero-order valence-corrected chi connectivity index (χ0v) is 11.1. The minimum Gasteiger partial charge on any atom is -0.461 e. The van der Waals surface area contributed by atoms with Crippen molar-refractivity contribution < 1.29 is 22.1 Å². The van der Waals surface area contributed by atoms with Crippen LogP contribution in [0.3, 0.4) is 0 Å². The highest BCUT2D eigenvalue weighted by Crippen LogP contribution is 2.30. The van der Waals surface area contributed by atoms with Gasteiger partial charge in [0, 0.05) is 5.69 Å². The minimum absolute atomic E-state index is 0.106. The van der Waals surface area contributed by atoms with Crippen LogP contribution in [0.2, 0.25) is 0 Å². The molecule has 5 nitrogen and oxygen atoms in total. The third-order valence-electron chi connectivity index (χ3n) is 2.84. The summed E-state index contributed by atoms with van der Waals surface area (Å²) in [6, 6.07) is 8.24. The molecular formula is C14H10F3N3O2. The first-order valence-corrected chi connectivity index (χ1v) is 6.30. The van der Waals surface area contributed by atoms with Crippen molar-refractivity contribution in [2.24, 2.45) is 0 Å². The van der Waals surface area contributed by atoms with Crippen LogP contribution in [-0.4, -0.2) is 10.1 Å². The number of furan rings is 1. The van der Waals surface area contributed by atoms with Crippen LogP contribution in [0, 0.1) is 0 Å². The Morgan fingerprint density at radius 2 is 2.00 bits per heavy atom. The Balaban J connectivity index is 1.68. The van der Waals surface area contributed by atoms with Crippen LogP contribution in [0.5, 0.6) is 0 Å². The Labute approximate surface area is 122 Å². The fourth-order valence-electron chi connectivity index (χ4n) is 1.82. The molecule has 114 valence electrons. The number of halogens is 3. The largest absolute Gasteiger partial charge is 0.461 e. The molecular weight excluding hydrogens is 299 g/mol. The van der Waals surface area contributed by atoms with E-state index in [9.17, 15) is 13.2 Å². The van der Waals surface area contributed by atoms with Gasteiger partial charge in [-0.05, 0) is 30.3 Å². The van der Waals surface area contributed by atoms with Gasteiger partial charge >= 0.3 is 6.18 Å². The standard InChI is InChI=1S/C14H10F3N3O2/c15-14(16,17)9-3-1-4-10(7-9)18-8-12-19-13(20-22-12)11-5-2-6-21-11/h1-7,18H,8H2. The first-order valence-electron chi connectivity index (χ1n) is 6.30. The van der Waals surface area contributed by atoms with E-state index < -0.39 is 11.7 Å². The normalized spacial score (nSPS) is 11.6. The Morgan fingerprint density at radius 3 is 2.73 bits per heavy atom. The van der Waals surface area contributed by atoms with Crippen molar-refractivity contribution in [2.45, 2.75) is 12.7 Å². The number of alkyl halides is 3. The van der Waals surface area contributed by atoms with Crippen LogP contribution in [0.15, 0.2) is 51.6 Å². The average Bonchev–Trinajstić information content (AvgIpc) is 3.15. The topological polar surface area (TPSA) is 64.1 Å². The molecule has 1 N–H and O–H groups in total. The van der Waals surface area contributed by atoms with Crippen molar-refractivity contribution in [1.29, 1.82) is 0 Å². The van der Waals surface area contributed by atoms with Crippen LogP contribution in [0.1, 0.15) is 11.5 Å². The van der Waals surface area contributed by atoms with Crippen molar-refractivity contribution in [3.8, 4) is 11.6 Å². The van der Waals surface area contributed by atoms with Gasteiger partial charge in [0.2, 0.25) is 11.7 Å². The van der Waals surface area contributed by atoms with E-state index in [1.54, 1.807) is 12.1 Å². The highest BCUT2D eigenvalue weighted by Gasteiger charge is 2.30. The van der Waals surface area contributed by atoms with Crippen LogP contribution in [0.25, 0.3) is 11.6 Å². The van der Waals surface area contributed by atoms with Crippen molar-refractivity contribution in [3.63, 3.8) is 0 Å². The summed E-state index contributed by atoms with van der Waals surface area (Å²) in [5, 5.41) is 6.53. The van der Waals surface area contributed by atoms with Gasteiger partial charge in [-0.3, -0.25) is 0 Å². The molecule has 0 fully saturated rings. The van der Waals surface area contributed by atoms with Crippen LogP contribution in [0.4, 0.5) is 18.9 Å². The number of hydrogen-bond acceptors (Lipinski definition) is 5. The molecule has 0 spiro atoms. The summed E-state index contributed by atoms with van der Waals surface area (Å²) in [4.78, 5) is 4.08. The third kappa shape index (κ3) is 3.11. The molecule has 0 saturated carbocycles. The lowest BCUT2D eigenvalue weighted by molar-refractivity contribution is -0.137. The van der Waals surface area contributed by atoms with E-state index >= 15 is 0 Å². The highest BCUT2D eigenvalue weighted by molar-refractivity contribution is 5.47. The summed E-state index contributed by atoms with van der Waals surface area (Å²) < 4.78 is 48.0. The smallest absolute Gasteiger partial charge is 0.416 e. The molecule has 0 aliphatic heterocycles. The number of rotatable bonds is 4. The van der Waals surface area contributed by atoms with Crippen LogP contribution < -0.4 is 5.32 Å². The molecule has 0 atom stereocenters. The number of nitrogens with one attached hydrogen (secondary N) is 1. The van der Waals surface area contributed by atoms with Crippen molar-refractivity contribution in [1.82, 2.24) is 10.1 Å².